The summed E-state index contributed by atoms with van der Waals surface area (Å²) in [6.07, 6.45) is 1.83. The third-order valence-electron chi connectivity index (χ3n) is 4.25. The summed E-state index contributed by atoms with van der Waals surface area (Å²) in [6.45, 7) is 1.34. The van der Waals surface area contributed by atoms with Crippen molar-refractivity contribution in [2.24, 2.45) is 0 Å². The van der Waals surface area contributed by atoms with E-state index in [1.54, 1.807) is 4.90 Å². The Morgan fingerprint density at radius 3 is 2.41 bits per heavy atom. The minimum atomic E-state index is -0.759. The molecule has 0 aliphatic carbocycles. The van der Waals surface area contributed by atoms with Gasteiger partial charge in [-0.05, 0) is 42.5 Å². The van der Waals surface area contributed by atoms with Crippen molar-refractivity contribution in [1.82, 2.24) is 4.90 Å². The van der Waals surface area contributed by atoms with Gasteiger partial charge >= 0.3 is 0 Å². The van der Waals surface area contributed by atoms with Crippen molar-refractivity contribution in [3.8, 4) is 5.75 Å². The van der Waals surface area contributed by atoms with E-state index in [-0.39, 0.29) is 11.5 Å². The van der Waals surface area contributed by atoms with E-state index in [1.807, 2.05) is 18.2 Å². The first-order valence-corrected chi connectivity index (χ1v) is 7.48. The van der Waals surface area contributed by atoms with E-state index in [0.29, 0.717) is 19.0 Å². The monoisotopic (exact) mass is 299 g/mol. The van der Waals surface area contributed by atoms with Crippen LogP contribution in [0.15, 0.2) is 48.5 Å². The minimum absolute atomic E-state index is 0.176. The number of likely N-dealkylation sites (tertiary alicyclic amines) is 1. The first kappa shape index (κ1) is 14.6. The number of hydrogen-bond acceptors (Lipinski definition) is 2. The van der Waals surface area contributed by atoms with Gasteiger partial charge in [-0.1, -0.05) is 30.3 Å². The Kier molecular flexibility index (Phi) is 4.09. The maximum absolute atomic E-state index is 13.4. The lowest BCUT2D eigenvalue weighted by atomic mass is 9.89. The molecule has 2 aromatic rings. The quantitative estimate of drug-likeness (QED) is 0.921. The lowest BCUT2D eigenvalue weighted by Crippen LogP contribution is -2.37. The Morgan fingerprint density at radius 2 is 1.77 bits per heavy atom. The van der Waals surface area contributed by atoms with Crippen LogP contribution in [-0.2, 0) is 0 Å². The van der Waals surface area contributed by atoms with Crippen LogP contribution in [0.25, 0.3) is 0 Å². The topological polar surface area (TPSA) is 40.5 Å². The van der Waals surface area contributed by atoms with Gasteiger partial charge in [0.2, 0.25) is 0 Å². The number of rotatable bonds is 2. The van der Waals surface area contributed by atoms with Gasteiger partial charge in [0.25, 0.3) is 5.91 Å². The summed E-state index contributed by atoms with van der Waals surface area (Å²) in [6, 6.07) is 14.1. The van der Waals surface area contributed by atoms with E-state index in [2.05, 4.69) is 12.1 Å². The molecule has 1 saturated heterocycles. The molecule has 1 fully saturated rings. The number of amides is 1. The molecule has 0 radical (unpaired) electrons. The molecule has 3 rings (SSSR count). The van der Waals surface area contributed by atoms with Crippen LogP contribution in [0.3, 0.4) is 0 Å². The van der Waals surface area contributed by atoms with Crippen LogP contribution >= 0.6 is 0 Å². The Bertz CT molecular complexity index is 664. The summed E-state index contributed by atoms with van der Waals surface area (Å²) >= 11 is 0. The predicted molar refractivity (Wildman–Crippen MR) is 82.4 cm³/mol. The number of piperidine rings is 1. The van der Waals surface area contributed by atoms with Gasteiger partial charge in [0, 0.05) is 18.7 Å². The third kappa shape index (κ3) is 2.96. The number of phenolic OH excluding ortho intramolecular Hbond substituents is 1. The van der Waals surface area contributed by atoms with Crippen LogP contribution in [0.2, 0.25) is 0 Å². The van der Waals surface area contributed by atoms with Gasteiger partial charge in [-0.25, -0.2) is 4.39 Å². The second-order valence-corrected chi connectivity index (χ2v) is 5.64. The molecule has 1 heterocycles. The largest absolute Gasteiger partial charge is 0.505 e. The molecule has 0 unspecified atom stereocenters. The Morgan fingerprint density at radius 1 is 1.09 bits per heavy atom. The second kappa shape index (κ2) is 6.18. The van der Waals surface area contributed by atoms with Crippen molar-refractivity contribution in [3.63, 3.8) is 0 Å². The molecular weight excluding hydrogens is 281 g/mol. The Balaban J connectivity index is 1.66. The molecule has 1 N–H and O–H groups in total. The molecule has 0 spiro atoms. The first-order chi connectivity index (χ1) is 10.6. The first-order valence-electron chi connectivity index (χ1n) is 7.48. The average molecular weight is 299 g/mol. The van der Waals surface area contributed by atoms with E-state index < -0.39 is 11.6 Å². The molecule has 114 valence electrons. The number of halogens is 1. The lowest BCUT2D eigenvalue weighted by molar-refractivity contribution is 0.0712. The zero-order valence-electron chi connectivity index (χ0n) is 12.2. The molecule has 1 aliphatic heterocycles. The summed E-state index contributed by atoms with van der Waals surface area (Å²) in [7, 11) is 0. The maximum atomic E-state index is 13.4. The van der Waals surface area contributed by atoms with Crippen LogP contribution < -0.4 is 0 Å². The van der Waals surface area contributed by atoms with Gasteiger partial charge in [0.15, 0.2) is 11.6 Å². The molecule has 1 amide bonds. The van der Waals surface area contributed by atoms with Crippen molar-refractivity contribution in [3.05, 3.63) is 65.5 Å². The van der Waals surface area contributed by atoms with E-state index in [4.69, 9.17) is 0 Å². The van der Waals surface area contributed by atoms with Crippen molar-refractivity contribution in [2.45, 2.75) is 18.8 Å². The zero-order chi connectivity index (χ0) is 15.5. The maximum Gasteiger partial charge on any atom is 0.253 e. The van der Waals surface area contributed by atoms with Crippen LogP contribution in [0.1, 0.15) is 34.7 Å². The molecule has 3 nitrogen and oxygen atoms in total. The number of carbonyl (C=O) groups is 1. The molecule has 0 aromatic heterocycles. The van der Waals surface area contributed by atoms with Crippen molar-refractivity contribution >= 4 is 5.91 Å². The fraction of sp³-hybridized carbons (Fsp3) is 0.278. The predicted octanol–water partition coefficient (Wildman–Crippen LogP) is 3.55. The molecular formula is C18H18FNO2. The zero-order valence-corrected chi connectivity index (χ0v) is 12.2. The second-order valence-electron chi connectivity index (χ2n) is 5.64. The van der Waals surface area contributed by atoms with Crippen molar-refractivity contribution in [2.75, 3.05) is 13.1 Å². The highest BCUT2D eigenvalue weighted by Crippen LogP contribution is 2.28. The third-order valence-corrected chi connectivity index (χ3v) is 4.25. The number of nitrogens with zero attached hydrogens (tertiary/aromatic N) is 1. The van der Waals surface area contributed by atoms with Gasteiger partial charge in [0.1, 0.15) is 0 Å². The van der Waals surface area contributed by atoms with Gasteiger partial charge in [-0.2, -0.15) is 0 Å². The number of phenols is 1. The van der Waals surface area contributed by atoms with Crippen LogP contribution in [-0.4, -0.2) is 29.0 Å². The van der Waals surface area contributed by atoms with Gasteiger partial charge < -0.3 is 10.0 Å². The molecule has 0 saturated carbocycles. The fourth-order valence-electron chi connectivity index (χ4n) is 2.96. The van der Waals surface area contributed by atoms with Gasteiger partial charge in [-0.15, -0.1) is 0 Å². The van der Waals surface area contributed by atoms with E-state index >= 15 is 0 Å². The molecule has 2 aromatic carbocycles. The lowest BCUT2D eigenvalue weighted by Gasteiger charge is -2.32. The highest BCUT2D eigenvalue weighted by atomic mass is 19.1. The van der Waals surface area contributed by atoms with Gasteiger partial charge in [-0.3, -0.25) is 4.79 Å². The average Bonchev–Trinajstić information content (AvgIpc) is 2.58. The normalized spacial score (nSPS) is 15.8. The summed E-state index contributed by atoms with van der Waals surface area (Å²) in [5, 5.41) is 9.20. The van der Waals surface area contributed by atoms with Crippen LogP contribution in [0.5, 0.6) is 5.75 Å². The summed E-state index contributed by atoms with van der Waals surface area (Å²) in [4.78, 5) is 14.1. The minimum Gasteiger partial charge on any atom is -0.505 e. The Labute approximate surface area is 129 Å². The molecule has 22 heavy (non-hydrogen) atoms. The molecule has 0 bridgehead atoms. The van der Waals surface area contributed by atoms with E-state index in [0.717, 1.165) is 18.9 Å². The van der Waals surface area contributed by atoms with E-state index in [9.17, 15) is 14.3 Å². The molecule has 0 atom stereocenters. The molecule has 4 heteroatoms. The summed E-state index contributed by atoms with van der Waals surface area (Å²) in [5.41, 5.74) is 1.60. The molecule has 1 aliphatic rings. The fourth-order valence-corrected chi connectivity index (χ4v) is 2.96. The number of aromatic hydroxyl groups is 1. The highest BCUT2D eigenvalue weighted by molar-refractivity contribution is 5.94. The summed E-state index contributed by atoms with van der Waals surface area (Å²) in [5.74, 6) is -0.892. The number of benzene rings is 2. The Hall–Kier alpha value is -2.36. The van der Waals surface area contributed by atoms with Gasteiger partial charge in [0.05, 0.1) is 0 Å². The van der Waals surface area contributed by atoms with Crippen molar-refractivity contribution in [1.29, 1.82) is 0 Å². The smallest absolute Gasteiger partial charge is 0.253 e. The number of hydrogen-bond donors (Lipinski definition) is 1. The van der Waals surface area contributed by atoms with Crippen LogP contribution in [0, 0.1) is 5.82 Å². The van der Waals surface area contributed by atoms with Crippen molar-refractivity contribution < 1.29 is 14.3 Å². The summed E-state index contributed by atoms with van der Waals surface area (Å²) < 4.78 is 13.4. The van der Waals surface area contributed by atoms with E-state index in [1.165, 1.54) is 17.7 Å². The number of carbonyl (C=O) groups excluding carboxylic acids is 1. The van der Waals surface area contributed by atoms with Crippen LogP contribution in [0.4, 0.5) is 4.39 Å². The highest BCUT2D eigenvalue weighted by Gasteiger charge is 2.24. The SMILES string of the molecule is O=C(c1ccc(O)c(F)c1)N1CCC(c2ccccc2)CC1. The standard InChI is InChI=1S/C18H18FNO2/c19-16-12-15(6-7-17(16)21)18(22)20-10-8-14(9-11-20)13-4-2-1-3-5-13/h1-7,12,14,21H,8-11H2.